The van der Waals surface area contributed by atoms with Crippen molar-refractivity contribution >= 4 is 44.8 Å². The molecule has 2 aromatic heterocycles. The van der Waals surface area contributed by atoms with Crippen molar-refractivity contribution in [2.24, 2.45) is 11.8 Å². The second kappa shape index (κ2) is 12.3. The third kappa shape index (κ3) is 7.47. The number of carbonyl (C=O) groups excluding carboxylic acids is 1. The van der Waals surface area contributed by atoms with Gasteiger partial charge in [-0.05, 0) is 65.4 Å². The number of anilines is 1. The topological polar surface area (TPSA) is 114 Å². The number of rotatable bonds is 9. The molecule has 0 unspecified atom stereocenters. The van der Waals surface area contributed by atoms with Crippen LogP contribution in [0.4, 0.5) is 5.82 Å². The van der Waals surface area contributed by atoms with Crippen molar-refractivity contribution in [2.75, 3.05) is 31.6 Å². The van der Waals surface area contributed by atoms with E-state index >= 15 is 0 Å². The number of halogens is 2. The monoisotopic (exact) mass is 597 g/mol. The van der Waals surface area contributed by atoms with Gasteiger partial charge in [0.25, 0.3) is 0 Å². The van der Waals surface area contributed by atoms with Gasteiger partial charge in [-0.15, -0.1) is 0 Å². The molecule has 0 spiro atoms. The van der Waals surface area contributed by atoms with Gasteiger partial charge < -0.3 is 10.1 Å². The molecule has 0 amide bonds. The average Bonchev–Trinajstić information content (AvgIpc) is 2.89. The summed E-state index contributed by atoms with van der Waals surface area (Å²) in [5.74, 6) is 0.603. The zero-order valence-electron chi connectivity index (χ0n) is 22.9. The number of nitrogens with one attached hydrogen (secondary N) is 1. The largest absolute Gasteiger partial charge is 0.376 e. The lowest BCUT2D eigenvalue weighted by Crippen LogP contribution is -2.45. The standard InChI is InChI=1S/C27H37Cl2N5O4S/c1-17(2)39(36,37)34-8-5-6-19(16-34)23(35)11-20-10-21(22(28)14-30-20)25-26(29)32-15-24(33-25)31-13-18-7-9-38-27(3,4)12-18/h10,14-15,17-19H,5-9,11-13,16H2,1-4H3,(H,31,33)/t18-,19-/m0/s1. The minimum atomic E-state index is -3.41. The van der Waals surface area contributed by atoms with E-state index in [1.54, 1.807) is 26.1 Å². The Bertz CT molecular complexity index is 1310. The van der Waals surface area contributed by atoms with E-state index in [9.17, 15) is 13.2 Å². The summed E-state index contributed by atoms with van der Waals surface area (Å²) in [5.41, 5.74) is 1.32. The number of piperidine rings is 1. The van der Waals surface area contributed by atoms with Crippen LogP contribution >= 0.6 is 23.2 Å². The summed E-state index contributed by atoms with van der Waals surface area (Å²) < 4.78 is 32.5. The zero-order valence-corrected chi connectivity index (χ0v) is 25.2. The van der Waals surface area contributed by atoms with Crippen LogP contribution in [0.25, 0.3) is 11.3 Å². The molecule has 0 aliphatic carbocycles. The van der Waals surface area contributed by atoms with Crippen molar-refractivity contribution < 1.29 is 17.9 Å². The van der Waals surface area contributed by atoms with Crippen molar-refractivity contribution in [3.8, 4) is 11.3 Å². The van der Waals surface area contributed by atoms with E-state index < -0.39 is 15.3 Å². The fraction of sp³-hybridized carbons (Fsp3) is 0.630. The van der Waals surface area contributed by atoms with E-state index in [0.29, 0.717) is 53.1 Å². The van der Waals surface area contributed by atoms with Gasteiger partial charge in [0.05, 0.1) is 22.1 Å². The van der Waals surface area contributed by atoms with Crippen molar-refractivity contribution in [1.29, 1.82) is 0 Å². The Balaban J connectivity index is 1.47. The molecule has 214 valence electrons. The fourth-order valence-corrected chi connectivity index (χ4v) is 6.98. The molecule has 2 fully saturated rings. The van der Waals surface area contributed by atoms with Crippen molar-refractivity contribution in [1.82, 2.24) is 19.3 Å². The predicted octanol–water partition coefficient (Wildman–Crippen LogP) is 5.02. The van der Waals surface area contributed by atoms with Crippen LogP contribution in [-0.2, 0) is 26.0 Å². The maximum absolute atomic E-state index is 13.2. The Kier molecular flexibility index (Phi) is 9.53. The highest BCUT2D eigenvalue weighted by Crippen LogP contribution is 2.33. The molecule has 4 heterocycles. The molecule has 12 heteroatoms. The van der Waals surface area contributed by atoms with Gasteiger partial charge in [0.1, 0.15) is 17.3 Å². The van der Waals surface area contributed by atoms with Gasteiger partial charge in [-0.25, -0.2) is 22.7 Å². The molecule has 2 aliphatic rings. The number of carbonyl (C=O) groups is 1. The van der Waals surface area contributed by atoms with Gasteiger partial charge in [0.15, 0.2) is 5.15 Å². The van der Waals surface area contributed by atoms with Gasteiger partial charge in [0.2, 0.25) is 10.0 Å². The Morgan fingerprint density at radius 3 is 2.72 bits per heavy atom. The number of hydrogen-bond donors (Lipinski definition) is 1. The lowest BCUT2D eigenvalue weighted by atomic mass is 9.88. The number of ketones is 1. The highest BCUT2D eigenvalue weighted by atomic mass is 35.5. The SMILES string of the molecule is CC(C)S(=O)(=O)N1CCC[C@H](C(=O)Cc2cc(-c3nc(NC[C@H]4CCOC(C)(C)C4)cnc3Cl)c(Cl)cn2)C1. The molecule has 2 aromatic rings. The smallest absolute Gasteiger partial charge is 0.216 e. The second-order valence-electron chi connectivity index (χ2n) is 11.3. The summed E-state index contributed by atoms with van der Waals surface area (Å²) in [6.45, 7) is 9.63. The van der Waals surface area contributed by atoms with Gasteiger partial charge in [-0.2, -0.15) is 0 Å². The minimum Gasteiger partial charge on any atom is -0.376 e. The van der Waals surface area contributed by atoms with Gasteiger partial charge in [-0.3, -0.25) is 9.78 Å². The predicted molar refractivity (Wildman–Crippen MR) is 154 cm³/mol. The maximum Gasteiger partial charge on any atom is 0.216 e. The summed E-state index contributed by atoms with van der Waals surface area (Å²) in [7, 11) is -3.41. The number of pyridine rings is 1. The second-order valence-corrected chi connectivity index (χ2v) is 14.6. The fourth-order valence-electron chi connectivity index (χ4n) is 5.23. The highest BCUT2D eigenvalue weighted by molar-refractivity contribution is 7.89. The van der Waals surface area contributed by atoms with Crippen molar-refractivity contribution in [2.45, 2.75) is 70.7 Å². The van der Waals surface area contributed by atoms with Crippen LogP contribution in [-0.4, -0.2) is 70.6 Å². The summed E-state index contributed by atoms with van der Waals surface area (Å²) in [6, 6.07) is 1.71. The number of aromatic nitrogens is 3. The first kappa shape index (κ1) is 30.1. The lowest BCUT2D eigenvalue weighted by molar-refractivity contribution is -0.123. The molecule has 0 bridgehead atoms. The van der Waals surface area contributed by atoms with Crippen molar-refractivity contribution in [3.63, 3.8) is 0 Å². The van der Waals surface area contributed by atoms with Crippen LogP contribution in [0.15, 0.2) is 18.5 Å². The third-order valence-electron chi connectivity index (χ3n) is 7.42. The molecule has 0 saturated carbocycles. The van der Waals surface area contributed by atoms with E-state index in [-0.39, 0.29) is 35.4 Å². The first-order valence-electron chi connectivity index (χ1n) is 13.4. The molecule has 2 saturated heterocycles. The van der Waals surface area contributed by atoms with Gasteiger partial charge in [-0.1, -0.05) is 23.2 Å². The number of sulfonamides is 1. The zero-order chi connectivity index (χ0) is 28.4. The summed E-state index contributed by atoms with van der Waals surface area (Å²) >= 11 is 12.9. The van der Waals surface area contributed by atoms with Crippen LogP contribution in [0.1, 0.15) is 59.1 Å². The number of hydrogen-bond acceptors (Lipinski definition) is 8. The van der Waals surface area contributed by atoms with Crippen molar-refractivity contribution in [3.05, 3.63) is 34.3 Å². The molecular weight excluding hydrogens is 561 g/mol. The molecule has 1 N–H and O–H groups in total. The molecule has 0 radical (unpaired) electrons. The van der Waals surface area contributed by atoms with Crippen LogP contribution in [0, 0.1) is 11.8 Å². The first-order valence-corrected chi connectivity index (χ1v) is 15.7. The highest BCUT2D eigenvalue weighted by Gasteiger charge is 2.34. The summed E-state index contributed by atoms with van der Waals surface area (Å²) in [5, 5.41) is 3.39. The lowest BCUT2D eigenvalue weighted by Gasteiger charge is -2.35. The number of ether oxygens (including phenoxy) is 1. The minimum absolute atomic E-state index is 0.0496. The Morgan fingerprint density at radius 1 is 1.23 bits per heavy atom. The van der Waals surface area contributed by atoms with E-state index in [1.807, 2.05) is 0 Å². The van der Waals surface area contributed by atoms with Gasteiger partial charge in [0, 0.05) is 56.0 Å². The quantitative estimate of drug-likeness (QED) is 0.428. The maximum atomic E-state index is 13.2. The van der Waals surface area contributed by atoms with Crippen LogP contribution in [0.5, 0.6) is 0 Å². The summed E-state index contributed by atoms with van der Waals surface area (Å²) in [6.07, 6.45) is 6.36. The van der Waals surface area contributed by atoms with E-state index in [4.69, 9.17) is 27.9 Å². The first-order chi connectivity index (χ1) is 18.4. The van der Waals surface area contributed by atoms with Gasteiger partial charge >= 0.3 is 0 Å². The van der Waals surface area contributed by atoms with Crippen LogP contribution in [0.3, 0.4) is 0 Å². The molecule has 0 aromatic carbocycles. The Labute approximate surface area is 241 Å². The third-order valence-corrected chi connectivity index (χ3v) is 10.2. The Morgan fingerprint density at radius 2 is 2.00 bits per heavy atom. The number of Topliss-reactive ketones (excluding diaryl/α,β-unsaturated/α-hetero) is 1. The molecule has 39 heavy (non-hydrogen) atoms. The number of nitrogens with zero attached hydrogens (tertiary/aromatic N) is 4. The van der Waals surface area contributed by atoms with E-state index in [2.05, 4.69) is 34.1 Å². The molecular formula is C27H37Cl2N5O4S. The average molecular weight is 599 g/mol. The molecule has 2 aliphatic heterocycles. The van der Waals surface area contributed by atoms with Crippen LogP contribution < -0.4 is 5.32 Å². The normalized spacial score (nSPS) is 22.1. The molecule has 4 rings (SSSR count). The Hall–Kier alpha value is -1.85. The van der Waals surface area contributed by atoms with E-state index in [0.717, 1.165) is 26.0 Å². The summed E-state index contributed by atoms with van der Waals surface area (Å²) in [4.78, 5) is 26.5. The molecule has 2 atom stereocenters. The van der Waals surface area contributed by atoms with Crippen LogP contribution in [0.2, 0.25) is 10.2 Å². The molecule has 9 nitrogen and oxygen atoms in total. The van der Waals surface area contributed by atoms with E-state index in [1.165, 1.54) is 10.5 Å².